The van der Waals surface area contributed by atoms with E-state index >= 15 is 0 Å². The summed E-state index contributed by atoms with van der Waals surface area (Å²) in [4.78, 5) is 11.6. The normalized spacial score (nSPS) is 20.9. The van der Waals surface area contributed by atoms with Crippen molar-refractivity contribution < 1.29 is 14.6 Å². The van der Waals surface area contributed by atoms with E-state index in [1.807, 2.05) is 30.3 Å². The van der Waals surface area contributed by atoms with Gasteiger partial charge in [-0.25, -0.2) is 0 Å². The first kappa shape index (κ1) is 14.0. The zero-order valence-corrected chi connectivity index (χ0v) is 11.0. The van der Waals surface area contributed by atoms with E-state index in [1.54, 1.807) is 0 Å². The maximum atomic E-state index is 11.6. The molecule has 1 aliphatic heterocycles. The molecule has 2 N–H and O–H groups in total. The molecule has 1 saturated heterocycles. The molecule has 2 atom stereocenters. The molecule has 1 aromatic rings. The van der Waals surface area contributed by atoms with Gasteiger partial charge in [0.15, 0.2) is 0 Å². The van der Waals surface area contributed by atoms with Gasteiger partial charge in [0.25, 0.3) is 0 Å². The highest BCUT2D eigenvalue weighted by molar-refractivity contribution is 5.79. The summed E-state index contributed by atoms with van der Waals surface area (Å²) in [6.45, 7) is 1.53. The lowest BCUT2D eigenvalue weighted by atomic mass is 9.93. The highest BCUT2D eigenvalue weighted by atomic mass is 16.5. The number of carbonyl (C=O) groups excluding carboxylic acids is 1. The Kier molecular flexibility index (Phi) is 5.36. The van der Waals surface area contributed by atoms with Crippen LogP contribution in [0, 0.1) is 5.92 Å². The van der Waals surface area contributed by atoms with Gasteiger partial charge in [-0.2, -0.15) is 0 Å². The molecule has 1 heterocycles. The number of hydrogen-bond acceptors (Lipinski definition) is 3. The van der Waals surface area contributed by atoms with Crippen molar-refractivity contribution in [2.45, 2.75) is 32.0 Å². The fourth-order valence-electron chi connectivity index (χ4n) is 2.34. The van der Waals surface area contributed by atoms with Crippen LogP contribution in [0.4, 0.5) is 0 Å². The van der Waals surface area contributed by atoms with Crippen LogP contribution in [0.5, 0.6) is 0 Å². The van der Waals surface area contributed by atoms with Crippen LogP contribution in [0.15, 0.2) is 30.3 Å². The second-order valence-electron chi connectivity index (χ2n) is 5.02. The summed E-state index contributed by atoms with van der Waals surface area (Å²) in [6.07, 6.45) is 1.77. The Labute approximate surface area is 113 Å². The SMILES string of the molecule is O=C1NCCCC1CC(O)COCc1ccccc1. The number of rotatable bonds is 6. The topological polar surface area (TPSA) is 58.6 Å². The summed E-state index contributed by atoms with van der Waals surface area (Å²) < 4.78 is 5.48. The van der Waals surface area contributed by atoms with E-state index < -0.39 is 6.10 Å². The largest absolute Gasteiger partial charge is 0.391 e. The van der Waals surface area contributed by atoms with E-state index in [4.69, 9.17) is 4.74 Å². The number of aliphatic hydroxyl groups is 1. The molecule has 0 spiro atoms. The highest BCUT2D eigenvalue weighted by Gasteiger charge is 2.24. The molecule has 0 aliphatic carbocycles. The maximum absolute atomic E-state index is 11.6. The van der Waals surface area contributed by atoms with E-state index in [-0.39, 0.29) is 18.4 Å². The van der Waals surface area contributed by atoms with Gasteiger partial charge in [-0.3, -0.25) is 4.79 Å². The second kappa shape index (κ2) is 7.26. The number of aliphatic hydroxyl groups excluding tert-OH is 1. The van der Waals surface area contributed by atoms with Crippen molar-refractivity contribution in [3.63, 3.8) is 0 Å². The molecule has 1 amide bonds. The third kappa shape index (κ3) is 4.65. The van der Waals surface area contributed by atoms with Crippen molar-refractivity contribution >= 4 is 5.91 Å². The lowest BCUT2D eigenvalue weighted by Gasteiger charge is -2.23. The van der Waals surface area contributed by atoms with Crippen molar-refractivity contribution in [2.75, 3.05) is 13.2 Å². The third-order valence-corrected chi connectivity index (χ3v) is 3.38. The van der Waals surface area contributed by atoms with Gasteiger partial charge in [-0.15, -0.1) is 0 Å². The van der Waals surface area contributed by atoms with Crippen molar-refractivity contribution in [3.8, 4) is 0 Å². The number of piperidine rings is 1. The smallest absolute Gasteiger partial charge is 0.223 e. The van der Waals surface area contributed by atoms with E-state index in [0.29, 0.717) is 13.0 Å². The molecule has 2 rings (SSSR count). The Bertz CT molecular complexity index is 394. The van der Waals surface area contributed by atoms with Gasteiger partial charge >= 0.3 is 0 Å². The van der Waals surface area contributed by atoms with Gasteiger partial charge in [0.1, 0.15) is 0 Å². The van der Waals surface area contributed by atoms with E-state index in [9.17, 15) is 9.90 Å². The third-order valence-electron chi connectivity index (χ3n) is 3.38. The summed E-state index contributed by atoms with van der Waals surface area (Å²) in [5.74, 6) is -0.00238. The number of hydrogen-bond donors (Lipinski definition) is 2. The monoisotopic (exact) mass is 263 g/mol. The van der Waals surface area contributed by atoms with Crippen LogP contribution in [0.3, 0.4) is 0 Å². The fraction of sp³-hybridized carbons (Fsp3) is 0.533. The molecule has 104 valence electrons. The Morgan fingerprint density at radius 2 is 2.16 bits per heavy atom. The van der Waals surface area contributed by atoms with E-state index in [2.05, 4.69) is 5.32 Å². The standard InChI is InChI=1S/C15H21NO3/c17-14(9-13-7-4-8-16-15(13)18)11-19-10-12-5-2-1-3-6-12/h1-3,5-6,13-14,17H,4,7-11H2,(H,16,18). The van der Waals surface area contributed by atoms with E-state index in [1.165, 1.54) is 0 Å². The number of benzene rings is 1. The van der Waals surface area contributed by atoms with E-state index in [0.717, 1.165) is 24.9 Å². The first-order chi connectivity index (χ1) is 9.25. The van der Waals surface area contributed by atoms with Gasteiger partial charge in [0.2, 0.25) is 5.91 Å². The predicted octanol–water partition coefficient (Wildman–Crippen LogP) is 1.48. The number of nitrogens with one attached hydrogen (secondary N) is 1. The minimum atomic E-state index is -0.572. The lowest BCUT2D eigenvalue weighted by Crippen LogP contribution is -2.38. The molecule has 0 bridgehead atoms. The molecular formula is C15H21NO3. The molecule has 0 radical (unpaired) electrons. The summed E-state index contributed by atoms with van der Waals surface area (Å²) in [5.41, 5.74) is 1.09. The molecule has 0 saturated carbocycles. The van der Waals surface area contributed by atoms with Gasteiger partial charge in [-0.05, 0) is 24.8 Å². The molecule has 2 unspecified atom stereocenters. The Balaban J connectivity index is 1.67. The second-order valence-corrected chi connectivity index (χ2v) is 5.02. The van der Waals surface area contributed by atoms with Crippen LogP contribution in [-0.4, -0.2) is 30.3 Å². The zero-order valence-electron chi connectivity index (χ0n) is 11.0. The lowest BCUT2D eigenvalue weighted by molar-refractivity contribution is -0.128. The minimum Gasteiger partial charge on any atom is -0.391 e. The predicted molar refractivity (Wildman–Crippen MR) is 72.5 cm³/mol. The van der Waals surface area contributed by atoms with Gasteiger partial charge in [-0.1, -0.05) is 30.3 Å². The average molecular weight is 263 g/mol. The van der Waals surface area contributed by atoms with Crippen LogP contribution >= 0.6 is 0 Å². The quantitative estimate of drug-likeness (QED) is 0.817. The molecular weight excluding hydrogens is 242 g/mol. The first-order valence-corrected chi connectivity index (χ1v) is 6.83. The maximum Gasteiger partial charge on any atom is 0.223 e. The highest BCUT2D eigenvalue weighted by Crippen LogP contribution is 2.17. The van der Waals surface area contributed by atoms with Gasteiger partial charge in [0.05, 0.1) is 19.3 Å². The van der Waals surface area contributed by atoms with Crippen LogP contribution in [0.2, 0.25) is 0 Å². The number of carbonyl (C=O) groups is 1. The van der Waals surface area contributed by atoms with Crippen LogP contribution < -0.4 is 5.32 Å². The van der Waals surface area contributed by atoms with Gasteiger partial charge in [0, 0.05) is 12.5 Å². The van der Waals surface area contributed by atoms with Crippen LogP contribution in [-0.2, 0) is 16.1 Å². The Hall–Kier alpha value is -1.39. The van der Waals surface area contributed by atoms with Crippen molar-refractivity contribution in [1.29, 1.82) is 0 Å². The molecule has 1 aromatic carbocycles. The van der Waals surface area contributed by atoms with Gasteiger partial charge < -0.3 is 15.2 Å². The van der Waals surface area contributed by atoms with Crippen LogP contribution in [0.1, 0.15) is 24.8 Å². The minimum absolute atomic E-state index is 0.0633. The number of ether oxygens (including phenoxy) is 1. The van der Waals surface area contributed by atoms with Crippen molar-refractivity contribution in [1.82, 2.24) is 5.32 Å². The molecule has 4 heteroatoms. The summed E-state index contributed by atoms with van der Waals surface area (Å²) in [5, 5.41) is 12.7. The zero-order chi connectivity index (χ0) is 13.5. The molecule has 19 heavy (non-hydrogen) atoms. The number of amides is 1. The molecule has 1 fully saturated rings. The molecule has 1 aliphatic rings. The fourth-order valence-corrected chi connectivity index (χ4v) is 2.34. The summed E-state index contributed by atoms with van der Waals surface area (Å²) in [7, 11) is 0. The molecule has 0 aromatic heterocycles. The Morgan fingerprint density at radius 3 is 2.89 bits per heavy atom. The average Bonchev–Trinajstić information content (AvgIpc) is 2.43. The summed E-state index contributed by atoms with van der Waals surface area (Å²) in [6, 6.07) is 9.85. The Morgan fingerprint density at radius 1 is 1.37 bits per heavy atom. The van der Waals surface area contributed by atoms with Crippen molar-refractivity contribution in [3.05, 3.63) is 35.9 Å². The van der Waals surface area contributed by atoms with Crippen LogP contribution in [0.25, 0.3) is 0 Å². The van der Waals surface area contributed by atoms with Crippen molar-refractivity contribution in [2.24, 2.45) is 5.92 Å². The first-order valence-electron chi connectivity index (χ1n) is 6.83. The molecule has 4 nitrogen and oxygen atoms in total. The summed E-state index contributed by atoms with van der Waals surface area (Å²) >= 11 is 0.